The number of aliphatic carboxylic acids is 1. The quantitative estimate of drug-likeness (QED) is 0.375. The van der Waals surface area contributed by atoms with E-state index in [2.05, 4.69) is 0 Å². The van der Waals surface area contributed by atoms with Crippen LogP contribution < -0.4 is 0 Å². The molecule has 0 heterocycles. The van der Waals surface area contributed by atoms with Crippen LogP contribution in [0, 0.1) is 0 Å². The molecule has 70 valence electrons. The zero-order chi connectivity index (χ0) is 10.2. The molecule has 0 aliphatic heterocycles. The van der Waals surface area contributed by atoms with Crippen molar-refractivity contribution in [1.82, 2.24) is 0 Å². The first-order valence-corrected chi connectivity index (χ1v) is 3.05. The van der Waals surface area contributed by atoms with Crippen LogP contribution in [0.15, 0.2) is 0 Å². The van der Waals surface area contributed by atoms with E-state index in [4.69, 9.17) is 20.4 Å². The van der Waals surface area contributed by atoms with Gasteiger partial charge in [-0.05, 0) is 13.8 Å². The number of carboxylic acid groups (broad SMARTS) is 1. The summed E-state index contributed by atoms with van der Waals surface area (Å²) < 4.78 is 0. The molecule has 0 radical (unpaired) electrons. The van der Waals surface area contributed by atoms with Crippen LogP contribution >= 0.6 is 0 Å². The minimum Gasteiger partial charge on any atom is -0.477 e. The van der Waals surface area contributed by atoms with E-state index in [0.717, 1.165) is 6.92 Å². The molecule has 0 aromatic rings. The van der Waals surface area contributed by atoms with Gasteiger partial charge in [0.25, 0.3) is 0 Å². The summed E-state index contributed by atoms with van der Waals surface area (Å²) in [6.07, 6.45) is 0. The zero-order valence-corrected chi connectivity index (χ0v) is 6.61. The lowest BCUT2D eigenvalue weighted by atomic mass is 9.91. The topological polar surface area (TPSA) is 115 Å². The SMILES string of the molecule is CC(=O)C(C)(O)C(O)(O)C(=O)O. The fourth-order valence-corrected chi connectivity index (χ4v) is 0.454. The molecule has 0 saturated carbocycles. The van der Waals surface area contributed by atoms with Crippen LogP contribution in [-0.4, -0.2) is 43.6 Å². The van der Waals surface area contributed by atoms with E-state index >= 15 is 0 Å². The molecular weight excluding hydrogens is 168 g/mol. The van der Waals surface area contributed by atoms with Gasteiger partial charge in [0.1, 0.15) is 0 Å². The van der Waals surface area contributed by atoms with Gasteiger partial charge in [-0.1, -0.05) is 0 Å². The minimum absolute atomic E-state index is 0.712. The van der Waals surface area contributed by atoms with Crippen LogP contribution in [0.5, 0.6) is 0 Å². The van der Waals surface area contributed by atoms with Crippen LogP contribution in [0.3, 0.4) is 0 Å². The second-order valence-electron chi connectivity index (χ2n) is 2.61. The number of carboxylic acids is 1. The summed E-state index contributed by atoms with van der Waals surface area (Å²) in [5.41, 5.74) is -2.71. The number of rotatable bonds is 3. The van der Waals surface area contributed by atoms with Crippen LogP contribution in [0.4, 0.5) is 0 Å². The third-order valence-corrected chi connectivity index (χ3v) is 1.66. The highest BCUT2D eigenvalue weighted by Crippen LogP contribution is 2.20. The molecule has 0 bridgehead atoms. The Kier molecular flexibility index (Phi) is 2.58. The van der Waals surface area contributed by atoms with E-state index in [0.29, 0.717) is 6.92 Å². The summed E-state index contributed by atoms with van der Waals surface area (Å²) in [5.74, 6) is -6.59. The van der Waals surface area contributed by atoms with Gasteiger partial charge in [0.15, 0.2) is 11.4 Å². The fourth-order valence-electron chi connectivity index (χ4n) is 0.454. The van der Waals surface area contributed by atoms with E-state index in [9.17, 15) is 9.59 Å². The summed E-state index contributed by atoms with van der Waals surface area (Å²) in [6.45, 7) is 1.56. The van der Waals surface area contributed by atoms with E-state index in [1.165, 1.54) is 0 Å². The molecule has 0 amide bonds. The molecule has 1 unspecified atom stereocenters. The first-order valence-electron chi connectivity index (χ1n) is 3.05. The first-order chi connectivity index (χ1) is 5.14. The van der Waals surface area contributed by atoms with Gasteiger partial charge < -0.3 is 20.4 Å². The van der Waals surface area contributed by atoms with E-state index in [1.807, 2.05) is 0 Å². The number of hydrogen-bond donors (Lipinski definition) is 4. The molecule has 0 spiro atoms. The van der Waals surface area contributed by atoms with Crippen molar-refractivity contribution in [3.8, 4) is 0 Å². The molecular formula is C6H10O6. The second kappa shape index (κ2) is 2.81. The number of hydrogen-bond acceptors (Lipinski definition) is 5. The lowest BCUT2D eigenvalue weighted by Crippen LogP contribution is -2.61. The lowest BCUT2D eigenvalue weighted by Gasteiger charge is -2.30. The van der Waals surface area contributed by atoms with E-state index in [1.54, 1.807) is 0 Å². The Balaban J connectivity index is 5.01. The van der Waals surface area contributed by atoms with Gasteiger partial charge >= 0.3 is 11.8 Å². The van der Waals surface area contributed by atoms with Gasteiger partial charge in [0, 0.05) is 0 Å². The van der Waals surface area contributed by atoms with Crippen molar-refractivity contribution < 1.29 is 30.0 Å². The highest BCUT2D eigenvalue weighted by Gasteiger charge is 2.54. The number of carbonyl (C=O) groups is 2. The number of aliphatic hydroxyl groups is 3. The molecule has 0 fully saturated rings. The van der Waals surface area contributed by atoms with Gasteiger partial charge in [-0.3, -0.25) is 4.79 Å². The van der Waals surface area contributed by atoms with Crippen LogP contribution in [0.2, 0.25) is 0 Å². The summed E-state index contributed by atoms with van der Waals surface area (Å²) in [5, 5.41) is 34.8. The van der Waals surface area contributed by atoms with E-state index < -0.39 is 23.1 Å². The Hall–Kier alpha value is -0.980. The third-order valence-electron chi connectivity index (χ3n) is 1.66. The van der Waals surface area contributed by atoms with Gasteiger partial charge in [0.2, 0.25) is 0 Å². The number of Topliss-reactive ketones (excluding diaryl/α,β-unsaturated/α-hetero) is 1. The third kappa shape index (κ3) is 1.45. The molecule has 6 heteroatoms. The maximum atomic E-state index is 10.6. The van der Waals surface area contributed by atoms with Crippen molar-refractivity contribution >= 4 is 11.8 Å². The molecule has 0 aromatic carbocycles. The van der Waals surface area contributed by atoms with E-state index in [-0.39, 0.29) is 0 Å². The largest absolute Gasteiger partial charge is 0.477 e. The standard InChI is InChI=1S/C6H10O6/c1-3(7)5(2,10)6(11,12)4(8)9/h10-12H,1-2H3,(H,8,9). The Bertz CT molecular complexity index is 192. The average molecular weight is 178 g/mol. The van der Waals surface area contributed by atoms with Gasteiger partial charge in [-0.25, -0.2) is 4.79 Å². The molecule has 4 N–H and O–H groups in total. The molecule has 0 aliphatic carbocycles. The zero-order valence-electron chi connectivity index (χ0n) is 6.61. The highest BCUT2D eigenvalue weighted by atomic mass is 16.6. The van der Waals surface area contributed by atoms with Crippen LogP contribution in [-0.2, 0) is 9.59 Å². The molecule has 6 nitrogen and oxygen atoms in total. The molecule has 0 rings (SSSR count). The Morgan fingerprint density at radius 1 is 1.17 bits per heavy atom. The van der Waals surface area contributed by atoms with Crippen LogP contribution in [0.25, 0.3) is 0 Å². The normalized spacial score (nSPS) is 16.8. The second-order valence-corrected chi connectivity index (χ2v) is 2.61. The molecule has 0 aromatic heterocycles. The summed E-state index contributed by atoms with van der Waals surface area (Å²) in [6, 6.07) is 0. The Labute approximate surface area is 68.1 Å². The Morgan fingerprint density at radius 2 is 1.50 bits per heavy atom. The van der Waals surface area contributed by atoms with Crippen molar-refractivity contribution in [2.75, 3.05) is 0 Å². The Morgan fingerprint density at radius 3 is 1.58 bits per heavy atom. The highest BCUT2D eigenvalue weighted by molar-refractivity contribution is 5.92. The number of ketones is 1. The first kappa shape index (κ1) is 11.0. The molecule has 12 heavy (non-hydrogen) atoms. The predicted octanol–water partition coefficient (Wildman–Crippen LogP) is -1.91. The summed E-state index contributed by atoms with van der Waals surface area (Å²) in [7, 11) is 0. The van der Waals surface area contributed by atoms with Crippen molar-refractivity contribution in [1.29, 1.82) is 0 Å². The molecule has 1 atom stereocenters. The lowest BCUT2D eigenvalue weighted by molar-refractivity contribution is -0.259. The predicted molar refractivity (Wildman–Crippen MR) is 36.1 cm³/mol. The minimum atomic E-state index is -3.46. The smallest absolute Gasteiger partial charge is 0.367 e. The summed E-state index contributed by atoms with van der Waals surface area (Å²) >= 11 is 0. The number of carbonyl (C=O) groups excluding carboxylic acids is 1. The van der Waals surface area contributed by atoms with Crippen molar-refractivity contribution in [2.45, 2.75) is 25.2 Å². The monoisotopic (exact) mass is 178 g/mol. The van der Waals surface area contributed by atoms with Gasteiger partial charge in [-0.2, -0.15) is 0 Å². The maximum Gasteiger partial charge on any atom is 0.367 e. The van der Waals surface area contributed by atoms with Gasteiger partial charge in [-0.15, -0.1) is 0 Å². The van der Waals surface area contributed by atoms with Crippen molar-refractivity contribution in [2.24, 2.45) is 0 Å². The fraction of sp³-hybridized carbons (Fsp3) is 0.667. The molecule has 0 aliphatic rings. The summed E-state index contributed by atoms with van der Waals surface area (Å²) in [4.78, 5) is 20.7. The van der Waals surface area contributed by atoms with Crippen LogP contribution in [0.1, 0.15) is 13.8 Å². The maximum absolute atomic E-state index is 10.6. The average Bonchev–Trinajstić information content (AvgIpc) is 1.86. The van der Waals surface area contributed by atoms with Crippen molar-refractivity contribution in [3.05, 3.63) is 0 Å². The van der Waals surface area contributed by atoms with Gasteiger partial charge in [0.05, 0.1) is 0 Å². The van der Waals surface area contributed by atoms with Crippen molar-refractivity contribution in [3.63, 3.8) is 0 Å². The molecule has 0 saturated heterocycles.